The molecule has 1 aliphatic carbocycles. The Morgan fingerprint density at radius 2 is 1.82 bits per heavy atom. The monoisotopic (exact) mass is 570 g/mol. The molecule has 40 heavy (non-hydrogen) atoms. The number of rotatable bonds is 8. The van der Waals surface area contributed by atoms with E-state index in [1.54, 1.807) is 36.7 Å². The molecular formula is C27H25F3N6O3S. The van der Waals surface area contributed by atoms with E-state index in [0.717, 1.165) is 43.0 Å². The number of nitrogens with one attached hydrogen (secondary N) is 3. The number of anilines is 1. The van der Waals surface area contributed by atoms with Gasteiger partial charge in [-0.1, -0.05) is 18.2 Å². The number of hydrogen-bond acceptors (Lipinski definition) is 9. The fourth-order valence-electron chi connectivity index (χ4n) is 4.64. The number of aromatic nitrogens is 3. The third-order valence-electron chi connectivity index (χ3n) is 6.47. The Morgan fingerprint density at radius 1 is 1.02 bits per heavy atom. The molecule has 2 aromatic heterocycles. The number of imide groups is 1. The zero-order chi connectivity index (χ0) is 28.1. The van der Waals surface area contributed by atoms with Crippen molar-refractivity contribution in [2.75, 3.05) is 5.32 Å². The summed E-state index contributed by atoms with van der Waals surface area (Å²) in [4.78, 5) is 36.6. The number of amides is 2. The molecule has 0 spiro atoms. The topological polar surface area (TPSA) is 118 Å². The number of carbonyl (C=O) groups is 2. The van der Waals surface area contributed by atoms with Gasteiger partial charge >= 0.3 is 6.36 Å². The van der Waals surface area contributed by atoms with Gasteiger partial charge in [0.05, 0.1) is 16.3 Å². The maximum Gasteiger partial charge on any atom is 0.573 e. The van der Waals surface area contributed by atoms with Crippen LogP contribution in [0, 0.1) is 0 Å². The van der Waals surface area contributed by atoms with Gasteiger partial charge in [0, 0.05) is 36.6 Å². The second-order valence-electron chi connectivity index (χ2n) is 9.32. The van der Waals surface area contributed by atoms with E-state index in [-0.39, 0.29) is 17.8 Å². The van der Waals surface area contributed by atoms with Crippen molar-refractivity contribution in [2.45, 2.75) is 50.7 Å². The molecule has 1 aliphatic heterocycles. The molecule has 1 saturated carbocycles. The maximum absolute atomic E-state index is 12.7. The SMILES string of the molecule is O=C1NC(=O)C(=Cc2ccnc(N[C@H]3CC[C@H](NCc4cccnc4-c4cccc(OC(F)(F)F)c4)CC3)n2)S1. The quantitative estimate of drug-likeness (QED) is 0.311. The van der Waals surface area contributed by atoms with Crippen LogP contribution in [0.15, 0.2) is 59.8 Å². The molecule has 3 aromatic rings. The van der Waals surface area contributed by atoms with Gasteiger partial charge in [-0.15, -0.1) is 13.2 Å². The summed E-state index contributed by atoms with van der Waals surface area (Å²) in [6.45, 7) is 0.518. The molecule has 0 unspecified atom stereocenters. The number of alkyl halides is 3. The van der Waals surface area contributed by atoms with Gasteiger partial charge in [0.15, 0.2) is 0 Å². The van der Waals surface area contributed by atoms with Crippen LogP contribution in [-0.4, -0.2) is 44.5 Å². The van der Waals surface area contributed by atoms with Crippen molar-refractivity contribution in [3.05, 3.63) is 71.0 Å². The molecule has 3 N–H and O–H groups in total. The van der Waals surface area contributed by atoms with E-state index in [4.69, 9.17) is 0 Å². The summed E-state index contributed by atoms with van der Waals surface area (Å²) in [5.41, 5.74) is 2.55. The fourth-order valence-corrected chi connectivity index (χ4v) is 5.31. The number of halogens is 3. The highest BCUT2D eigenvalue weighted by atomic mass is 32.2. The standard InChI is InChI=1S/C27H25F3N6O3S/c28-27(29,30)39-21-5-1-3-16(13-21)23-17(4-2-11-31-23)15-33-18-6-8-19(9-7-18)34-25-32-12-10-20(35-25)14-22-24(37)36-26(38)40-22/h1-5,10-14,18-19,33H,6-9,15H2,(H,32,34,35)(H,36,37,38)/t18-,19-. The van der Waals surface area contributed by atoms with E-state index in [9.17, 15) is 22.8 Å². The minimum Gasteiger partial charge on any atom is -0.406 e. The summed E-state index contributed by atoms with van der Waals surface area (Å²) in [6.07, 6.45) is 3.60. The average Bonchev–Trinajstić information content (AvgIpc) is 3.24. The number of hydrogen-bond donors (Lipinski definition) is 3. The Bertz CT molecular complexity index is 1430. The van der Waals surface area contributed by atoms with Crippen LogP contribution in [0.5, 0.6) is 5.75 Å². The van der Waals surface area contributed by atoms with Crippen LogP contribution in [-0.2, 0) is 11.3 Å². The lowest BCUT2D eigenvalue weighted by Crippen LogP contribution is -2.37. The van der Waals surface area contributed by atoms with Gasteiger partial charge in [-0.05, 0) is 73.4 Å². The molecule has 13 heteroatoms. The molecule has 2 amide bonds. The number of thioether (sulfide) groups is 1. The number of pyridine rings is 1. The Balaban J connectivity index is 1.15. The summed E-state index contributed by atoms with van der Waals surface area (Å²) in [5.74, 6) is -0.266. The first-order valence-corrected chi connectivity index (χ1v) is 13.4. The van der Waals surface area contributed by atoms with Crippen molar-refractivity contribution in [1.29, 1.82) is 0 Å². The maximum atomic E-state index is 12.7. The van der Waals surface area contributed by atoms with Crippen molar-refractivity contribution in [3.8, 4) is 17.0 Å². The zero-order valence-corrected chi connectivity index (χ0v) is 21.9. The molecule has 2 fully saturated rings. The summed E-state index contributed by atoms with van der Waals surface area (Å²) >= 11 is 0.838. The lowest BCUT2D eigenvalue weighted by atomic mass is 9.91. The van der Waals surface area contributed by atoms with E-state index < -0.39 is 17.5 Å². The van der Waals surface area contributed by atoms with Gasteiger partial charge in [0.25, 0.3) is 11.1 Å². The van der Waals surface area contributed by atoms with Crippen LogP contribution in [0.1, 0.15) is 36.9 Å². The van der Waals surface area contributed by atoms with Gasteiger partial charge in [-0.25, -0.2) is 9.97 Å². The molecule has 1 saturated heterocycles. The minimum absolute atomic E-state index is 0.178. The van der Waals surface area contributed by atoms with E-state index in [0.29, 0.717) is 34.3 Å². The number of carbonyl (C=O) groups excluding carboxylic acids is 2. The molecule has 0 bridgehead atoms. The van der Waals surface area contributed by atoms with Crippen LogP contribution in [0.25, 0.3) is 17.3 Å². The molecule has 208 valence electrons. The fraction of sp³-hybridized carbons (Fsp3) is 0.296. The molecule has 1 aromatic carbocycles. The van der Waals surface area contributed by atoms with E-state index in [1.807, 2.05) is 6.07 Å². The minimum atomic E-state index is -4.76. The Labute approximate surface area is 232 Å². The van der Waals surface area contributed by atoms with Crippen molar-refractivity contribution in [3.63, 3.8) is 0 Å². The van der Waals surface area contributed by atoms with E-state index in [1.165, 1.54) is 18.2 Å². The van der Waals surface area contributed by atoms with Crippen LogP contribution in [0.4, 0.5) is 23.9 Å². The van der Waals surface area contributed by atoms with Gasteiger partial charge in [0.1, 0.15) is 5.75 Å². The first-order chi connectivity index (χ1) is 19.2. The molecule has 5 rings (SSSR count). The number of benzene rings is 1. The van der Waals surface area contributed by atoms with Gasteiger partial charge in [-0.3, -0.25) is 19.9 Å². The van der Waals surface area contributed by atoms with Crippen molar-refractivity contribution in [1.82, 2.24) is 25.6 Å². The van der Waals surface area contributed by atoms with Crippen LogP contribution in [0.3, 0.4) is 0 Å². The van der Waals surface area contributed by atoms with Crippen LogP contribution in [0.2, 0.25) is 0 Å². The second-order valence-corrected chi connectivity index (χ2v) is 10.3. The first kappa shape index (κ1) is 27.6. The lowest BCUT2D eigenvalue weighted by Gasteiger charge is -2.30. The highest BCUT2D eigenvalue weighted by molar-refractivity contribution is 8.18. The number of nitrogens with zero attached hydrogens (tertiary/aromatic N) is 3. The summed E-state index contributed by atoms with van der Waals surface area (Å²) < 4.78 is 42.1. The lowest BCUT2D eigenvalue weighted by molar-refractivity contribution is -0.274. The summed E-state index contributed by atoms with van der Waals surface area (Å²) in [5, 5.41) is 8.73. The predicted octanol–water partition coefficient (Wildman–Crippen LogP) is 5.27. The molecule has 9 nitrogen and oxygen atoms in total. The van der Waals surface area contributed by atoms with E-state index in [2.05, 4.69) is 35.6 Å². The Morgan fingerprint density at radius 3 is 2.58 bits per heavy atom. The smallest absolute Gasteiger partial charge is 0.406 e. The Kier molecular flexibility index (Phi) is 8.31. The normalized spacial score (nSPS) is 20.4. The molecule has 0 atom stereocenters. The highest BCUT2D eigenvalue weighted by Gasteiger charge is 2.31. The third kappa shape index (κ3) is 7.36. The molecule has 0 radical (unpaired) electrons. The van der Waals surface area contributed by atoms with Crippen molar-refractivity contribution in [2.24, 2.45) is 0 Å². The predicted molar refractivity (Wildman–Crippen MR) is 144 cm³/mol. The van der Waals surface area contributed by atoms with E-state index >= 15 is 0 Å². The third-order valence-corrected chi connectivity index (χ3v) is 7.28. The average molecular weight is 571 g/mol. The van der Waals surface area contributed by atoms with Crippen LogP contribution < -0.4 is 20.7 Å². The molecular weight excluding hydrogens is 545 g/mol. The van der Waals surface area contributed by atoms with Gasteiger partial charge < -0.3 is 15.4 Å². The second kappa shape index (κ2) is 12.0. The number of ether oxygens (including phenoxy) is 1. The van der Waals surface area contributed by atoms with Crippen molar-refractivity contribution < 1.29 is 27.5 Å². The summed E-state index contributed by atoms with van der Waals surface area (Å²) in [7, 11) is 0. The van der Waals surface area contributed by atoms with Gasteiger partial charge in [0.2, 0.25) is 5.95 Å². The van der Waals surface area contributed by atoms with Crippen molar-refractivity contribution >= 4 is 34.9 Å². The van der Waals surface area contributed by atoms with Crippen LogP contribution >= 0.6 is 11.8 Å². The first-order valence-electron chi connectivity index (χ1n) is 12.6. The molecule has 3 heterocycles. The highest BCUT2D eigenvalue weighted by Crippen LogP contribution is 2.29. The zero-order valence-electron chi connectivity index (χ0n) is 21.1. The Hall–Kier alpha value is -3.97. The largest absolute Gasteiger partial charge is 0.573 e. The van der Waals surface area contributed by atoms with Gasteiger partial charge in [-0.2, -0.15) is 0 Å². The molecule has 2 aliphatic rings. The summed E-state index contributed by atoms with van der Waals surface area (Å²) in [6, 6.07) is 11.6.